The summed E-state index contributed by atoms with van der Waals surface area (Å²) in [4.78, 5) is 23.3. The highest BCUT2D eigenvalue weighted by molar-refractivity contribution is 7.92. The van der Waals surface area contributed by atoms with Crippen molar-refractivity contribution in [1.82, 2.24) is 0 Å². The monoisotopic (exact) mass is 425 g/mol. The third-order valence-electron chi connectivity index (χ3n) is 4.48. The van der Waals surface area contributed by atoms with E-state index in [1.54, 1.807) is 24.3 Å². The molecule has 0 fully saturated rings. The average Bonchev–Trinajstić information content (AvgIpc) is 2.73. The minimum absolute atomic E-state index is 0.101. The molecule has 0 atom stereocenters. The molecule has 0 bridgehead atoms. The van der Waals surface area contributed by atoms with Gasteiger partial charge in [-0.3, -0.25) is 19.2 Å². The summed E-state index contributed by atoms with van der Waals surface area (Å²) >= 11 is 0. The zero-order chi connectivity index (χ0) is 21.9. The number of nitro benzene ring substituents is 1. The number of rotatable bonds is 6. The number of benzene rings is 3. The van der Waals surface area contributed by atoms with Crippen molar-refractivity contribution in [2.24, 2.45) is 0 Å². The van der Waals surface area contributed by atoms with Crippen LogP contribution < -0.4 is 9.62 Å². The largest absolute Gasteiger partial charge is 0.322 e. The first kappa shape index (κ1) is 21.0. The summed E-state index contributed by atoms with van der Waals surface area (Å²) in [6.45, 7) is 1.85. The van der Waals surface area contributed by atoms with Gasteiger partial charge in [-0.2, -0.15) is 0 Å². The van der Waals surface area contributed by atoms with Gasteiger partial charge >= 0.3 is 0 Å². The molecule has 0 saturated heterocycles. The van der Waals surface area contributed by atoms with E-state index in [2.05, 4.69) is 5.32 Å². The molecule has 30 heavy (non-hydrogen) atoms. The fourth-order valence-corrected chi connectivity index (χ4v) is 4.05. The van der Waals surface area contributed by atoms with Crippen LogP contribution in [0.25, 0.3) is 0 Å². The molecule has 1 N–H and O–H groups in total. The van der Waals surface area contributed by atoms with Gasteiger partial charge < -0.3 is 5.32 Å². The fraction of sp³-hybridized carbons (Fsp3) is 0.0952. The van der Waals surface area contributed by atoms with Crippen LogP contribution in [-0.4, -0.2) is 26.3 Å². The molecule has 0 unspecified atom stereocenters. The van der Waals surface area contributed by atoms with Crippen molar-refractivity contribution >= 4 is 33.0 Å². The highest BCUT2D eigenvalue weighted by atomic mass is 32.2. The number of hydrogen-bond acceptors (Lipinski definition) is 5. The molecule has 1 amide bonds. The molecule has 0 aliphatic carbocycles. The predicted octanol–water partition coefficient (Wildman–Crippen LogP) is 3.98. The Kier molecular flexibility index (Phi) is 5.84. The molecule has 8 nitrogen and oxygen atoms in total. The second-order valence-corrected chi connectivity index (χ2v) is 8.53. The summed E-state index contributed by atoms with van der Waals surface area (Å²) < 4.78 is 27.1. The minimum atomic E-state index is -3.89. The zero-order valence-corrected chi connectivity index (χ0v) is 17.1. The third kappa shape index (κ3) is 4.31. The van der Waals surface area contributed by atoms with Crippen molar-refractivity contribution in [2.75, 3.05) is 16.7 Å². The van der Waals surface area contributed by atoms with Crippen LogP contribution in [0, 0.1) is 17.0 Å². The van der Waals surface area contributed by atoms with Crippen LogP contribution in [0.2, 0.25) is 0 Å². The van der Waals surface area contributed by atoms with Crippen LogP contribution in [0.4, 0.5) is 17.1 Å². The molecule has 0 aliphatic heterocycles. The lowest BCUT2D eigenvalue weighted by Crippen LogP contribution is -2.29. The average molecular weight is 425 g/mol. The summed E-state index contributed by atoms with van der Waals surface area (Å²) in [5, 5.41) is 13.5. The first-order valence-corrected chi connectivity index (χ1v) is 10.3. The number of anilines is 2. The summed E-state index contributed by atoms with van der Waals surface area (Å²) in [6, 6.07) is 18.2. The van der Waals surface area contributed by atoms with Crippen LogP contribution in [-0.2, 0) is 10.0 Å². The Balaban J connectivity index is 1.93. The number of nitrogens with zero attached hydrogens (tertiary/aromatic N) is 2. The quantitative estimate of drug-likeness (QED) is 0.474. The fourth-order valence-electron chi connectivity index (χ4n) is 2.83. The number of nitrogens with one attached hydrogen (secondary N) is 1. The second kappa shape index (κ2) is 8.34. The highest BCUT2D eigenvalue weighted by Crippen LogP contribution is 2.27. The molecular formula is C21H19N3O5S. The summed E-state index contributed by atoms with van der Waals surface area (Å²) in [5.41, 5.74) is 1.28. The van der Waals surface area contributed by atoms with E-state index in [9.17, 15) is 23.3 Å². The SMILES string of the molecule is Cc1ccc(S(=O)(=O)N(C)c2ccccc2C(=O)Nc2cccc([N+](=O)[O-])c2)cc1. The van der Waals surface area contributed by atoms with Gasteiger partial charge in [0.2, 0.25) is 0 Å². The Bertz CT molecular complexity index is 1210. The Morgan fingerprint density at radius 2 is 1.67 bits per heavy atom. The Labute approximate surface area is 174 Å². The summed E-state index contributed by atoms with van der Waals surface area (Å²) in [6.07, 6.45) is 0. The van der Waals surface area contributed by atoms with Gasteiger partial charge in [-0.05, 0) is 37.3 Å². The summed E-state index contributed by atoms with van der Waals surface area (Å²) in [7, 11) is -2.52. The van der Waals surface area contributed by atoms with Gasteiger partial charge in [0.15, 0.2) is 0 Å². The van der Waals surface area contributed by atoms with E-state index in [1.165, 1.54) is 55.6 Å². The maximum Gasteiger partial charge on any atom is 0.271 e. The smallest absolute Gasteiger partial charge is 0.271 e. The van der Waals surface area contributed by atoms with E-state index in [0.29, 0.717) is 0 Å². The van der Waals surface area contributed by atoms with Crippen LogP contribution in [0.15, 0.2) is 77.7 Å². The molecule has 0 radical (unpaired) electrons. The predicted molar refractivity (Wildman–Crippen MR) is 114 cm³/mol. The first-order valence-electron chi connectivity index (χ1n) is 8.90. The van der Waals surface area contributed by atoms with E-state index in [1.807, 2.05) is 6.92 Å². The number of aryl methyl sites for hydroxylation is 1. The lowest BCUT2D eigenvalue weighted by atomic mass is 10.1. The van der Waals surface area contributed by atoms with Crippen molar-refractivity contribution in [3.8, 4) is 0 Å². The highest BCUT2D eigenvalue weighted by Gasteiger charge is 2.25. The van der Waals surface area contributed by atoms with Gasteiger partial charge in [-0.25, -0.2) is 8.42 Å². The van der Waals surface area contributed by atoms with Crippen molar-refractivity contribution < 1.29 is 18.1 Å². The molecule has 0 spiro atoms. The number of carbonyl (C=O) groups is 1. The van der Waals surface area contributed by atoms with E-state index in [-0.39, 0.29) is 27.5 Å². The number of amides is 1. The van der Waals surface area contributed by atoms with E-state index >= 15 is 0 Å². The standard InChI is InChI=1S/C21H19N3O5S/c1-15-10-12-18(13-11-15)30(28,29)23(2)20-9-4-3-8-19(20)21(25)22-16-6-5-7-17(14-16)24(26)27/h3-14H,1-2H3,(H,22,25). The van der Waals surface area contributed by atoms with Gasteiger partial charge in [0, 0.05) is 24.9 Å². The van der Waals surface area contributed by atoms with Gasteiger partial charge in [-0.1, -0.05) is 35.9 Å². The molecule has 0 heterocycles. The molecular weight excluding hydrogens is 406 g/mol. The van der Waals surface area contributed by atoms with Crippen molar-refractivity contribution in [3.63, 3.8) is 0 Å². The van der Waals surface area contributed by atoms with Crippen LogP contribution >= 0.6 is 0 Å². The zero-order valence-electron chi connectivity index (χ0n) is 16.3. The van der Waals surface area contributed by atoms with Crippen LogP contribution in [0.1, 0.15) is 15.9 Å². The number of sulfonamides is 1. The van der Waals surface area contributed by atoms with E-state index < -0.39 is 20.9 Å². The maximum absolute atomic E-state index is 13.0. The topological polar surface area (TPSA) is 110 Å². The van der Waals surface area contributed by atoms with Crippen molar-refractivity contribution in [2.45, 2.75) is 11.8 Å². The van der Waals surface area contributed by atoms with Crippen molar-refractivity contribution in [1.29, 1.82) is 0 Å². The molecule has 0 aliphatic rings. The van der Waals surface area contributed by atoms with Crippen LogP contribution in [0.5, 0.6) is 0 Å². The third-order valence-corrected chi connectivity index (χ3v) is 6.27. The molecule has 3 aromatic carbocycles. The minimum Gasteiger partial charge on any atom is -0.322 e. The lowest BCUT2D eigenvalue weighted by molar-refractivity contribution is -0.384. The molecule has 9 heteroatoms. The van der Waals surface area contributed by atoms with Gasteiger partial charge in [0.05, 0.1) is 21.1 Å². The Morgan fingerprint density at radius 1 is 1.00 bits per heavy atom. The molecule has 154 valence electrons. The van der Waals surface area contributed by atoms with Crippen LogP contribution in [0.3, 0.4) is 0 Å². The van der Waals surface area contributed by atoms with E-state index in [4.69, 9.17) is 0 Å². The van der Waals surface area contributed by atoms with E-state index in [0.717, 1.165) is 9.87 Å². The first-order chi connectivity index (χ1) is 14.2. The number of para-hydroxylation sites is 1. The molecule has 3 rings (SSSR count). The summed E-state index contributed by atoms with van der Waals surface area (Å²) in [5.74, 6) is -0.586. The lowest BCUT2D eigenvalue weighted by Gasteiger charge is -2.22. The molecule has 0 saturated carbocycles. The molecule has 3 aromatic rings. The number of carbonyl (C=O) groups excluding carboxylic acids is 1. The number of non-ortho nitro benzene ring substituents is 1. The Hall–Kier alpha value is -3.72. The number of hydrogen-bond donors (Lipinski definition) is 1. The number of nitro groups is 1. The van der Waals surface area contributed by atoms with Gasteiger partial charge in [-0.15, -0.1) is 0 Å². The van der Waals surface area contributed by atoms with Gasteiger partial charge in [0.25, 0.3) is 21.6 Å². The van der Waals surface area contributed by atoms with Crippen molar-refractivity contribution in [3.05, 3.63) is 94.0 Å². The molecule has 0 aromatic heterocycles. The normalized spacial score (nSPS) is 11.0. The maximum atomic E-state index is 13.0. The second-order valence-electron chi connectivity index (χ2n) is 6.56. The van der Waals surface area contributed by atoms with Gasteiger partial charge in [0.1, 0.15) is 0 Å². The Morgan fingerprint density at radius 3 is 2.33 bits per heavy atom.